The van der Waals surface area contributed by atoms with Gasteiger partial charge in [-0.1, -0.05) is 0 Å². The van der Waals surface area contributed by atoms with Crippen LogP contribution in [0.4, 0.5) is 0 Å². The minimum absolute atomic E-state index is 0.232. The fourth-order valence-corrected chi connectivity index (χ4v) is 1.06. The molecule has 1 aliphatic rings. The van der Waals surface area contributed by atoms with Gasteiger partial charge in [-0.15, -0.1) is 0 Å². The average Bonchev–Trinajstić information content (AvgIpc) is 2.19. The van der Waals surface area contributed by atoms with Crippen LogP contribution >= 0.6 is 0 Å². The molecule has 0 spiro atoms. The van der Waals surface area contributed by atoms with Crippen molar-refractivity contribution in [3.05, 3.63) is 11.9 Å². The molecule has 0 bridgehead atoms. The van der Waals surface area contributed by atoms with Crippen molar-refractivity contribution in [1.82, 2.24) is 5.32 Å². The zero-order valence-corrected chi connectivity index (χ0v) is 8.73. The van der Waals surface area contributed by atoms with Gasteiger partial charge in [-0.05, 0) is 6.92 Å². The fourth-order valence-electron chi connectivity index (χ4n) is 1.06. The molecule has 0 fully saturated rings. The molecule has 0 radical (unpaired) electrons. The van der Waals surface area contributed by atoms with Crippen molar-refractivity contribution < 1.29 is 19.1 Å². The van der Waals surface area contributed by atoms with Gasteiger partial charge in [0, 0.05) is 6.92 Å². The number of nitrogens with zero attached hydrogens (tertiary/aromatic N) is 1. The molecule has 0 aromatic heterocycles. The summed E-state index contributed by atoms with van der Waals surface area (Å²) in [7, 11) is 1.28. The van der Waals surface area contributed by atoms with Crippen LogP contribution in [0.25, 0.3) is 0 Å². The molecule has 6 nitrogen and oxygen atoms in total. The van der Waals surface area contributed by atoms with Gasteiger partial charge in [-0.3, -0.25) is 4.79 Å². The van der Waals surface area contributed by atoms with Crippen LogP contribution in [-0.2, 0) is 19.1 Å². The topological polar surface area (TPSA) is 77.0 Å². The molecule has 82 valence electrons. The lowest BCUT2D eigenvalue weighted by atomic mass is 10.2. The number of hydrogen-bond acceptors (Lipinski definition) is 6. The Morgan fingerprint density at radius 3 is 2.67 bits per heavy atom. The standard InChI is InChI=1S/C9H12N2O4/c1-5-8(15-6(2)12)10-4-7(11-5)9(13)14-3/h4-5,11H,1-3H3. The summed E-state index contributed by atoms with van der Waals surface area (Å²) in [6, 6.07) is -0.340. The van der Waals surface area contributed by atoms with Crippen LogP contribution in [0.15, 0.2) is 16.9 Å². The van der Waals surface area contributed by atoms with E-state index in [-0.39, 0.29) is 17.6 Å². The van der Waals surface area contributed by atoms with E-state index in [0.717, 1.165) is 0 Å². The predicted octanol–water partition coefficient (Wildman–Crippen LogP) is -0.0459. The monoisotopic (exact) mass is 212 g/mol. The molecule has 1 N–H and O–H groups in total. The van der Waals surface area contributed by atoms with Gasteiger partial charge in [0.15, 0.2) is 0 Å². The van der Waals surface area contributed by atoms with Crippen molar-refractivity contribution in [1.29, 1.82) is 0 Å². The van der Waals surface area contributed by atoms with E-state index >= 15 is 0 Å². The van der Waals surface area contributed by atoms with Crippen LogP contribution in [0.2, 0.25) is 0 Å². The first-order valence-corrected chi connectivity index (χ1v) is 4.35. The third-order valence-corrected chi connectivity index (χ3v) is 1.72. The third-order valence-electron chi connectivity index (χ3n) is 1.72. The second-order valence-electron chi connectivity index (χ2n) is 2.96. The zero-order chi connectivity index (χ0) is 11.4. The Labute approximate surface area is 87.0 Å². The highest BCUT2D eigenvalue weighted by atomic mass is 16.5. The third kappa shape index (κ3) is 2.80. The number of esters is 2. The number of aliphatic imine (C=N–C) groups is 1. The Hall–Kier alpha value is -1.85. The highest BCUT2D eigenvalue weighted by Gasteiger charge is 2.22. The maximum atomic E-state index is 11.1. The lowest BCUT2D eigenvalue weighted by molar-refractivity contribution is -0.136. The van der Waals surface area contributed by atoms with Crippen LogP contribution < -0.4 is 5.32 Å². The second-order valence-corrected chi connectivity index (χ2v) is 2.96. The molecule has 0 aromatic rings. The SMILES string of the molecule is COC(=O)C1=CN=C(OC(C)=O)C(C)N1. The lowest BCUT2D eigenvalue weighted by Crippen LogP contribution is -2.40. The van der Waals surface area contributed by atoms with Gasteiger partial charge in [0.25, 0.3) is 0 Å². The van der Waals surface area contributed by atoms with E-state index in [1.54, 1.807) is 6.92 Å². The molecule has 0 saturated carbocycles. The van der Waals surface area contributed by atoms with Crippen molar-refractivity contribution in [3.8, 4) is 0 Å². The van der Waals surface area contributed by atoms with E-state index in [0.29, 0.717) is 0 Å². The van der Waals surface area contributed by atoms with E-state index < -0.39 is 11.9 Å². The van der Waals surface area contributed by atoms with Gasteiger partial charge in [0.05, 0.1) is 13.3 Å². The van der Waals surface area contributed by atoms with Gasteiger partial charge < -0.3 is 14.8 Å². The molecule has 1 unspecified atom stereocenters. The quantitative estimate of drug-likeness (QED) is 0.617. The minimum Gasteiger partial charge on any atom is -0.464 e. The summed E-state index contributed by atoms with van der Waals surface area (Å²) in [6.07, 6.45) is 1.27. The second kappa shape index (κ2) is 4.59. The Morgan fingerprint density at radius 1 is 1.53 bits per heavy atom. The normalized spacial score (nSPS) is 19.5. The first-order chi connectivity index (χ1) is 7.04. The van der Waals surface area contributed by atoms with Crippen molar-refractivity contribution in [2.24, 2.45) is 4.99 Å². The van der Waals surface area contributed by atoms with Crippen LogP contribution in [0.1, 0.15) is 13.8 Å². The van der Waals surface area contributed by atoms with Crippen molar-refractivity contribution in [2.45, 2.75) is 19.9 Å². The summed E-state index contributed by atoms with van der Waals surface area (Å²) in [5.41, 5.74) is 0.237. The van der Waals surface area contributed by atoms with E-state index in [4.69, 9.17) is 4.74 Å². The van der Waals surface area contributed by atoms with Gasteiger partial charge >= 0.3 is 11.9 Å². The van der Waals surface area contributed by atoms with Crippen LogP contribution in [0.3, 0.4) is 0 Å². The maximum absolute atomic E-state index is 11.1. The Bertz CT molecular complexity index is 346. The molecule has 0 aromatic carbocycles. The molecule has 15 heavy (non-hydrogen) atoms. The van der Waals surface area contributed by atoms with Crippen LogP contribution in [0.5, 0.6) is 0 Å². The fraction of sp³-hybridized carbons (Fsp3) is 0.444. The van der Waals surface area contributed by atoms with Crippen molar-refractivity contribution in [2.75, 3.05) is 7.11 Å². The van der Waals surface area contributed by atoms with Gasteiger partial charge in [-0.25, -0.2) is 9.79 Å². The number of carbonyl (C=O) groups excluding carboxylic acids is 2. The first kappa shape index (κ1) is 11.2. The summed E-state index contributed by atoms with van der Waals surface area (Å²) >= 11 is 0. The highest BCUT2D eigenvalue weighted by molar-refractivity contribution is 5.95. The average molecular weight is 212 g/mol. The molecular weight excluding hydrogens is 200 g/mol. The largest absolute Gasteiger partial charge is 0.464 e. The number of rotatable bonds is 1. The summed E-state index contributed by atoms with van der Waals surface area (Å²) < 4.78 is 9.32. The molecule has 0 amide bonds. The van der Waals surface area contributed by atoms with E-state index in [1.807, 2.05) is 0 Å². The molecule has 0 aliphatic carbocycles. The molecule has 1 heterocycles. The predicted molar refractivity (Wildman–Crippen MR) is 51.9 cm³/mol. The van der Waals surface area contributed by atoms with E-state index in [1.165, 1.54) is 20.2 Å². The number of carbonyl (C=O) groups is 2. The van der Waals surface area contributed by atoms with Gasteiger partial charge in [0.2, 0.25) is 5.90 Å². The van der Waals surface area contributed by atoms with Crippen LogP contribution in [-0.4, -0.2) is 31.0 Å². The number of methoxy groups -OCH3 is 1. The van der Waals surface area contributed by atoms with Crippen LogP contribution in [0, 0.1) is 0 Å². The highest BCUT2D eigenvalue weighted by Crippen LogP contribution is 2.06. The Morgan fingerprint density at radius 2 is 2.20 bits per heavy atom. The number of hydrogen-bond donors (Lipinski definition) is 1. The summed E-state index contributed by atoms with van der Waals surface area (Å²) in [5.74, 6) is -0.722. The summed E-state index contributed by atoms with van der Waals surface area (Å²) in [4.78, 5) is 25.6. The first-order valence-electron chi connectivity index (χ1n) is 4.35. The van der Waals surface area contributed by atoms with E-state index in [2.05, 4.69) is 15.0 Å². The zero-order valence-electron chi connectivity index (χ0n) is 8.73. The molecule has 0 saturated heterocycles. The minimum atomic E-state index is -0.507. The lowest BCUT2D eigenvalue weighted by Gasteiger charge is -2.20. The van der Waals surface area contributed by atoms with E-state index in [9.17, 15) is 9.59 Å². The van der Waals surface area contributed by atoms with Crippen molar-refractivity contribution >= 4 is 17.8 Å². The maximum Gasteiger partial charge on any atom is 0.355 e. The molecule has 1 aliphatic heterocycles. The Kier molecular flexibility index (Phi) is 3.43. The smallest absolute Gasteiger partial charge is 0.355 e. The number of ether oxygens (including phenoxy) is 2. The van der Waals surface area contributed by atoms with Gasteiger partial charge in [0.1, 0.15) is 11.7 Å². The summed E-state index contributed by atoms with van der Waals surface area (Å²) in [5, 5.41) is 2.80. The Balaban J connectivity index is 2.78. The van der Waals surface area contributed by atoms with Crippen molar-refractivity contribution in [3.63, 3.8) is 0 Å². The molecule has 6 heteroatoms. The molecule has 1 atom stereocenters. The summed E-state index contributed by atoms with van der Waals surface area (Å²) in [6.45, 7) is 3.01. The molecule has 1 rings (SSSR count). The number of nitrogens with one attached hydrogen (secondary N) is 1. The molecular formula is C9H12N2O4. The van der Waals surface area contributed by atoms with Gasteiger partial charge in [-0.2, -0.15) is 0 Å².